The van der Waals surface area contributed by atoms with Crippen molar-refractivity contribution in [1.29, 1.82) is 0 Å². The minimum atomic E-state index is -4.63. The Bertz CT molecular complexity index is 629. The van der Waals surface area contributed by atoms with Crippen LogP contribution in [0.15, 0.2) is 24.4 Å². The van der Waals surface area contributed by atoms with Gasteiger partial charge in [0, 0.05) is 0 Å². The van der Waals surface area contributed by atoms with Crippen molar-refractivity contribution in [3.8, 4) is 5.69 Å². The fourth-order valence-corrected chi connectivity index (χ4v) is 1.96. The van der Waals surface area contributed by atoms with Gasteiger partial charge in [0.05, 0.1) is 17.4 Å². The zero-order valence-corrected chi connectivity index (χ0v) is 10.3. The summed E-state index contributed by atoms with van der Waals surface area (Å²) in [6, 6.07) is 5.02. The molecule has 6 heteroatoms. The van der Waals surface area contributed by atoms with Crippen LogP contribution in [0.3, 0.4) is 0 Å². The molecule has 0 amide bonds. The van der Waals surface area contributed by atoms with E-state index in [0.29, 0.717) is 11.3 Å². The first-order chi connectivity index (χ1) is 8.84. The van der Waals surface area contributed by atoms with Crippen molar-refractivity contribution < 1.29 is 18.0 Å². The number of nitrogens with zero attached hydrogens (tertiary/aromatic N) is 2. The van der Waals surface area contributed by atoms with Crippen LogP contribution in [0.25, 0.3) is 5.69 Å². The maximum atomic E-state index is 13.0. The quantitative estimate of drug-likeness (QED) is 0.783. The highest BCUT2D eigenvalue weighted by atomic mass is 19.4. The summed E-state index contributed by atoms with van der Waals surface area (Å²) < 4.78 is 39.8. The smallest absolute Gasteiger partial charge is 0.298 e. The average Bonchev–Trinajstić information content (AvgIpc) is 2.72. The maximum Gasteiger partial charge on any atom is 0.434 e. The number of halogens is 3. The van der Waals surface area contributed by atoms with E-state index in [-0.39, 0.29) is 6.29 Å². The van der Waals surface area contributed by atoms with Crippen molar-refractivity contribution in [3.63, 3.8) is 0 Å². The standard InChI is InChI=1S/C13H11F3N2O/c1-8-3-4-11(9(2)5-8)18-12(13(14,15)16)10(7-19)6-17-18/h3-7H,1-2H3. The summed E-state index contributed by atoms with van der Waals surface area (Å²) in [4.78, 5) is 10.7. The molecule has 0 radical (unpaired) electrons. The summed E-state index contributed by atoms with van der Waals surface area (Å²) >= 11 is 0. The third-order valence-corrected chi connectivity index (χ3v) is 2.77. The molecule has 0 aliphatic carbocycles. The van der Waals surface area contributed by atoms with Gasteiger partial charge in [0.2, 0.25) is 0 Å². The lowest BCUT2D eigenvalue weighted by molar-refractivity contribution is -0.143. The molecule has 0 spiro atoms. The molecule has 2 aromatic rings. The molecule has 0 aliphatic heterocycles. The van der Waals surface area contributed by atoms with Crippen molar-refractivity contribution >= 4 is 6.29 Å². The van der Waals surface area contributed by atoms with Gasteiger partial charge in [-0.3, -0.25) is 4.79 Å². The normalized spacial score (nSPS) is 11.6. The Labute approximate surface area is 107 Å². The molecule has 0 fully saturated rings. The summed E-state index contributed by atoms with van der Waals surface area (Å²) in [7, 11) is 0. The van der Waals surface area contributed by atoms with E-state index < -0.39 is 17.4 Å². The van der Waals surface area contributed by atoms with E-state index in [1.807, 2.05) is 6.92 Å². The van der Waals surface area contributed by atoms with Crippen LogP contribution in [0.5, 0.6) is 0 Å². The number of hydrogen-bond donors (Lipinski definition) is 0. The molecule has 1 heterocycles. The fourth-order valence-electron chi connectivity index (χ4n) is 1.96. The second-order valence-corrected chi connectivity index (χ2v) is 4.27. The molecule has 0 unspecified atom stereocenters. The maximum absolute atomic E-state index is 13.0. The Morgan fingerprint density at radius 1 is 1.26 bits per heavy atom. The summed E-state index contributed by atoms with van der Waals surface area (Å²) in [5.41, 5.74) is 0.400. The average molecular weight is 268 g/mol. The lowest BCUT2D eigenvalue weighted by Gasteiger charge is -2.13. The number of rotatable bonds is 2. The second kappa shape index (κ2) is 4.53. The number of hydrogen-bond acceptors (Lipinski definition) is 2. The van der Waals surface area contributed by atoms with Gasteiger partial charge in [-0.05, 0) is 25.5 Å². The largest absolute Gasteiger partial charge is 0.434 e. The fraction of sp³-hybridized carbons (Fsp3) is 0.231. The Morgan fingerprint density at radius 3 is 2.47 bits per heavy atom. The zero-order valence-electron chi connectivity index (χ0n) is 10.3. The molecule has 0 saturated carbocycles. The predicted octanol–water partition coefficient (Wildman–Crippen LogP) is 3.32. The van der Waals surface area contributed by atoms with Crippen LogP contribution in [0.1, 0.15) is 27.2 Å². The number of alkyl halides is 3. The first kappa shape index (κ1) is 13.3. The van der Waals surface area contributed by atoms with Crippen LogP contribution in [-0.4, -0.2) is 16.1 Å². The van der Waals surface area contributed by atoms with Crippen LogP contribution in [0.4, 0.5) is 13.2 Å². The second-order valence-electron chi connectivity index (χ2n) is 4.27. The van der Waals surface area contributed by atoms with Crippen LogP contribution >= 0.6 is 0 Å². The minimum Gasteiger partial charge on any atom is -0.298 e. The molecular formula is C13H11F3N2O. The van der Waals surface area contributed by atoms with Crippen LogP contribution in [0.2, 0.25) is 0 Å². The zero-order chi connectivity index (χ0) is 14.2. The van der Waals surface area contributed by atoms with Crippen LogP contribution < -0.4 is 0 Å². The number of aryl methyl sites for hydroxylation is 2. The van der Waals surface area contributed by atoms with Gasteiger partial charge in [0.1, 0.15) is 0 Å². The predicted molar refractivity (Wildman–Crippen MR) is 63.4 cm³/mol. The summed E-state index contributed by atoms with van der Waals surface area (Å²) in [6.07, 6.45) is -3.55. The van der Waals surface area contributed by atoms with Crippen molar-refractivity contribution in [2.45, 2.75) is 20.0 Å². The molecule has 3 nitrogen and oxygen atoms in total. The number of aldehydes is 1. The van der Waals surface area contributed by atoms with E-state index in [9.17, 15) is 18.0 Å². The van der Waals surface area contributed by atoms with Crippen LogP contribution in [0, 0.1) is 13.8 Å². The van der Waals surface area contributed by atoms with Gasteiger partial charge in [-0.25, -0.2) is 4.68 Å². The Hall–Kier alpha value is -2.11. The monoisotopic (exact) mass is 268 g/mol. The summed E-state index contributed by atoms with van der Waals surface area (Å²) in [5, 5.41) is 3.68. The topological polar surface area (TPSA) is 34.9 Å². The van der Waals surface area contributed by atoms with E-state index in [2.05, 4.69) is 5.10 Å². The molecule has 0 aliphatic rings. The summed E-state index contributed by atoms with van der Waals surface area (Å²) in [5.74, 6) is 0. The van der Waals surface area contributed by atoms with Crippen molar-refractivity contribution in [3.05, 3.63) is 46.8 Å². The summed E-state index contributed by atoms with van der Waals surface area (Å²) in [6.45, 7) is 3.55. The van der Waals surface area contributed by atoms with Crippen molar-refractivity contribution in [2.24, 2.45) is 0 Å². The molecule has 0 N–H and O–H groups in total. The Morgan fingerprint density at radius 2 is 1.95 bits per heavy atom. The van der Waals surface area contributed by atoms with Crippen LogP contribution in [-0.2, 0) is 6.18 Å². The van der Waals surface area contributed by atoms with Gasteiger partial charge < -0.3 is 0 Å². The van der Waals surface area contributed by atoms with Gasteiger partial charge in [-0.2, -0.15) is 18.3 Å². The molecule has 1 aromatic carbocycles. The SMILES string of the molecule is Cc1ccc(-n2ncc(C=O)c2C(F)(F)F)c(C)c1. The van der Waals surface area contributed by atoms with E-state index >= 15 is 0 Å². The van der Waals surface area contributed by atoms with Crippen molar-refractivity contribution in [2.75, 3.05) is 0 Å². The van der Waals surface area contributed by atoms with Gasteiger partial charge in [0.25, 0.3) is 0 Å². The molecule has 100 valence electrons. The molecule has 2 rings (SSSR count). The lowest BCUT2D eigenvalue weighted by atomic mass is 10.1. The lowest BCUT2D eigenvalue weighted by Crippen LogP contribution is -2.16. The molecule has 1 aromatic heterocycles. The Kier molecular flexibility index (Phi) is 3.18. The number of carbonyl (C=O) groups excluding carboxylic acids is 1. The first-order valence-electron chi connectivity index (χ1n) is 5.52. The number of aromatic nitrogens is 2. The molecular weight excluding hydrogens is 257 g/mol. The van der Waals surface area contributed by atoms with Crippen molar-refractivity contribution in [1.82, 2.24) is 9.78 Å². The third-order valence-electron chi connectivity index (χ3n) is 2.77. The number of carbonyl (C=O) groups is 1. The van der Waals surface area contributed by atoms with E-state index in [1.165, 1.54) is 0 Å². The third kappa shape index (κ3) is 2.38. The van der Waals surface area contributed by atoms with Gasteiger partial charge in [-0.15, -0.1) is 0 Å². The Balaban J connectivity index is 2.69. The van der Waals surface area contributed by atoms with Gasteiger partial charge in [0.15, 0.2) is 12.0 Å². The van der Waals surface area contributed by atoms with Gasteiger partial charge >= 0.3 is 6.18 Å². The molecule has 19 heavy (non-hydrogen) atoms. The number of benzene rings is 1. The minimum absolute atomic E-state index is 0.163. The first-order valence-corrected chi connectivity index (χ1v) is 5.52. The van der Waals surface area contributed by atoms with Gasteiger partial charge in [-0.1, -0.05) is 17.7 Å². The molecule has 0 atom stereocenters. The van der Waals surface area contributed by atoms with E-state index in [1.54, 1.807) is 25.1 Å². The van der Waals surface area contributed by atoms with E-state index in [4.69, 9.17) is 0 Å². The molecule has 0 saturated heterocycles. The highest BCUT2D eigenvalue weighted by molar-refractivity contribution is 5.76. The molecule has 0 bridgehead atoms. The highest BCUT2D eigenvalue weighted by Gasteiger charge is 2.38. The highest BCUT2D eigenvalue weighted by Crippen LogP contribution is 2.33. The van der Waals surface area contributed by atoms with E-state index in [0.717, 1.165) is 16.4 Å².